The second kappa shape index (κ2) is 7.31. The van der Waals surface area contributed by atoms with Crippen molar-refractivity contribution in [3.63, 3.8) is 0 Å². The zero-order valence-electron chi connectivity index (χ0n) is 10.3. The Morgan fingerprint density at radius 3 is 3.17 bits per heavy atom. The second-order valence-electron chi connectivity index (χ2n) is 4.24. The maximum atomic E-state index is 5.71. The summed E-state index contributed by atoms with van der Waals surface area (Å²) in [6.07, 6.45) is 3.67. The Bertz CT molecular complexity index is 428. The highest BCUT2D eigenvalue weighted by atomic mass is 35.5. The zero-order chi connectivity index (χ0) is 12.6. The van der Waals surface area contributed by atoms with E-state index in [1.807, 2.05) is 24.3 Å². The highest BCUT2D eigenvalue weighted by Gasteiger charge is 2.14. The van der Waals surface area contributed by atoms with Crippen molar-refractivity contribution < 1.29 is 9.47 Å². The van der Waals surface area contributed by atoms with Gasteiger partial charge < -0.3 is 9.47 Å². The first-order valence-corrected chi connectivity index (χ1v) is 6.81. The van der Waals surface area contributed by atoms with Crippen molar-refractivity contribution in [3.8, 4) is 17.6 Å². The van der Waals surface area contributed by atoms with Crippen LogP contribution in [0.25, 0.3) is 0 Å². The second-order valence-corrected chi connectivity index (χ2v) is 4.50. The lowest BCUT2D eigenvalue weighted by atomic mass is 10.2. The predicted octanol–water partition coefficient (Wildman–Crippen LogP) is 3.22. The minimum Gasteiger partial charge on any atom is -0.493 e. The number of rotatable bonds is 4. The van der Waals surface area contributed by atoms with E-state index in [9.17, 15) is 0 Å². The molecule has 3 heteroatoms. The summed E-state index contributed by atoms with van der Waals surface area (Å²) < 4.78 is 11.3. The van der Waals surface area contributed by atoms with Crippen LogP contribution in [-0.4, -0.2) is 25.2 Å². The fourth-order valence-electron chi connectivity index (χ4n) is 1.98. The third-order valence-electron chi connectivity index (χ3n) is 2.87. The Labute approximate surface area is 113 Å². The molecule has 1 unspecified atom stereocenters. The van der Waals surface area contributed by atoms with Gasteiger partial charge in [-0.25, -0.2) is 0 Å². The molecule has 96 valence electrons. The Morgan fingerprint density at radius 1 is 1.44 bits per heavy atom. The van der Waals surface area contributed by atoms with E-state index < -0.39 is 0 Å². The van der Waals surface area contributed by atoms with Crippen LogP contribution in [0.5, 0.6) is 5.75 Å². The molecular formula is C15H17ClO2. The SMILES string of the molecule is ClCC#Cc1cccc(OCCC2CCCO2)c1. The van der Waals surface area contributed by atoms with Gasteiger partial charge in [-0.15, -0.1) is 11.6 Å². The molecule has 1 aliphatic rings. The van der Waals surface area contributed by atoms with Crippen LogP contribution in [0, 0.1) is 11.8 Å². The van der Waals surface area contributed by atoms with Crippen molar-refractivity contribution in [1.29, 1.82) is 0 Å². The largest absolute Gasteiger partial charge is 0.493 e. The van der Waals surface area contributed by atoms with Gasteiger partial charge in [-0.05, 0) is 31.0 Å². The average molecular weight is 265 g/mol. The van der Waals surface area contributed by atoms with Crippen molar-refractivity contribution >= 4 is 11.6 Å². The van der Waals surface area contributed by atoms with Gasteiger partial charge in [0.1, 0.15) is 5.75 Å². The van der Waals surface area contributed by atoms with Crippen molar-refractivity contribution in [2.75, 3.05) is 19.1 Å². The molecule has 1 heterocycles. The number of hydrogen-bond acceptors (Lipinski definition) is 2. The summed E-state index contributed by atoms with van der Waals surface area (Å²) in [5.74, 6) is 7.02. The van der Waals surface area contributed by atoms with Crippen LogP contribution in [0.15, 0.2) is 24.3 Å². The topological polar surface area (TPSA) is 18.5 Å². The molecule has 1 aromatic rings. The van der Waals surface area contributed by atoms with E-state index in [1.165, 1.54) is 6.42 Å². The number of ether oxygens (including phenoxy) is 2. The van der Waals surface area contributed by atoms with Crippen LogP contribution in [0.4, 0.5) is 0 Å². The molecule has 1 aliphatic heterocycles. The number of alkyl halides is 1. The van der Waals surface area contributed by atoms with Crippen molar-refractivity contribution in [2.24, 2.45) is 0 Å². The van der Waals surface area contributed by atoms with Gasteiger partial charge in [0.15, 0.2) is 0 Å². The zero-order valence-corrected chi connectivity index (χ0v) is 11.1. The molecule has 1 fully saturated rings. The van der Waals surface area contributed by atoms with Crippen molar-refractivity contribution in [3.05, 3.63) is 29.8 Å². The first-order chi connectivity index (χ1) is 8.88. The molecule has 2 nitrogen and oxygen atoms in total. The van der Waals surface area contributed by atoms with Gasteiger partial charge in [0, 0.05) is 18.6 Å². The van der Waals surface area contributed by atoms with E-state index in [-0.39, 0.29) is 0 Å². The third-order valence-corrected chi connectivity index (χ3v) is 3.00. The molecule has 18 heavy (non-hydrogen) atoms. The van der Waals surface area contributed by atoms with Crippen LogP contribution in [-0.2, 0) is 4.74 Å². The molecule has 0 amide bonds. The number of halogens is 1. The summed E-state index contributed by atoms with van der Waals surface area (Å²) in [7, 11) is 0. The standard InChI is InChI=1S/C15H17ClO2/c16-9-2-5-13-4-1-6-15(12-13)18-11-8-14-7-3-10-17-14/h1,4,6,12,14H,3,7-11H2. The summed E-state index contributed by atoms with van der Waals surface area (Å²) >= 11 is 5.53. The molecule has 0 aliphatic carbocycles. The Kier molecular flexibility index (Phi) is 5.38. The smallest absolute Gasteiger partial charge is 0.120 e. The molecule has 0 aromatic heterocycles. The monoisotopic (exact) mass is 264 g/mol. The number of hydrogen-bond donors (Lipinski definition) is 0. The third kappa shape index (κ3) is 4.25. The van der Waals surface area contributed by atoms with Gasteiger partial charge in [0.05, 0.1) is 18.6 Å². The summed E-state index contributed by atoms with van der Waals surface area (Å²) in [6.45, 7) is 1.59. The van der Waals surface area contributed by atoms with Crippen LogP contribution in [0.2, 0.25) is 0 Å². The normalized spacial score (nSPS) is 18.2. The summed E-state index contributed by atoms with van der Waals surface area (Å²) in [6, 6.07) is 7.78. The van der Waals surface area contributed by atoms with Crippen LogP contribution < -0.4 is 4.74 Å². The van der Waals surface area contributed by atoms with Gasteiger partial charge in [-0.1, -0.05) is 17.9 Å². The van der Waals surface area contributed by atoms with E-state index >= 15 is 0 Å². The fourth-order valence-corrected chi connectivity index (χ4v) is 2.05. The lowest BCUT2D eigenvalue weighted by Crippen LogP contribution is -2.10. The Balaban J connectivity index is 1.81. The highest BCUT2D eigenvalue weighted by Crippen LogP contribution is 2.17. The van der Waals surface area contributed by atoms with Gasteiger partial charge in [-0.3, -0.25) is 0 Å². The van der Waals surface area contributed by atoms with Gasteiger partial charge in [-0.2, -0.15) is 0 Å². The quantitative estimate of drug-likeness (QED) is 0.614. The molecule has 0 N–H and O–H groups in total. The highest BCUT2D eigenvalue weighted by molar-refractivity contribution is 6.19. The van der Waals surface area contributed by atoms with Crippen LogP contribution >= 0.6 is 11.6 Å². The average Bonchev–Trinajstić information content (AvgIpc) is 2.90. The Hall–Kier alpha value is -1.17. The molecule has 1 saturated heterocycles. The Morgan fingerprint density at radius 2 is 2.39 bits per heavy atom. The van der Waals surface area contributed by atoms with Crippen molar-refractivity contribution in [1.82, 2.24) is 0 Å². The lowest BCUT2D eigenvalue weighted by Gasteiger charge is -2.10. The first kappa shape index (κ1) is 13.3. The van der Waals surface area contributed by atoms with Gasteiger partial charge in [0.2, 0.25) is 0 Å². The summed E-state index contributed by atoms with van der Waals surface area (Å²) in [4.78, 5) is 0. The van der Waals surface area contributed by atoms with E-state index in [1.54, 1.807) is 0 Å². The minimum absolute atomic E-state index is 0.351. The molecule has 2 rings (SSSR count). The van der Waals surface area contributed by atoms with Gasteiger partial charge in [0.25, 0.3) is 0 Å². The first-order valence-electron chi connectivity index (χ1n) is 6.28. The molecule has 0 spiro atoms. The van der Waals surface area contributed by atoms with E-state index in [2.05, 4.69) is 11.8 Å². The predicted molar refractivity (Wildman–Crippen MR) is 73.1 cm³/mol. The fraction of sp³-hybridized carbons (Fsp3) is 0.467. The maximum Gasteiger partial charge on any atom is 0.120 e. The van der Waals surface area contributed by atoms with E-state index in [0.717, 1.165) is 30.8 Å². The summed E-state index contributed by atoms with van der Waals surface area (Å²) in [5.41, 5.74) is 0.935. The van der Waals surface area contributed by atoms with E-state index in [0.29, 0.717) is 18.6 Å². The minimum atomic E-state index is 0.351. The summed E-state index contributed by atoms with van der Waals surface area (Å²) in [5, 5.41) is 0. The van der Waals surface area contributed by atoms with Gasteiger partial charge >= 0.3 is 0 Å². The maximum absolute atomic E-state index is 5.71. The van der Waals surface area contributed by atoms with E-state index in [4.69, 9.17) is 21.1 Å². The van der Waals surface area contributed by atoms with Crippen LogP contribution in [0.1, 0.15) is 24.8 Å². The van der Waals surface area contributed by atoms with Crippen LogP contribution in [0.3, 0.4) is 0 Å². The molecule has 0 bridgehead atoms. The molecular weight excluding hydrogens is 248 g/mol. The molecule has 1 atom stereocenters. The lowest BCUT2D eigenvalue weighted by molar-refractivity contribution is 0.0903. The molecule has 0 radical (unpaired) electrons. The van der Waals surface area contributed by atoms with Crippen molar-refractivity contribution in [2.45, 2.75) is 25.4 Å². The molecule has 0 saturated carbocycles. The number of benzene rings is 1. The molecule has 1 aromatic carbocycles.